The average molecular weight is 295 g/mol. The van der Waals surface area contributed by atoms with Gasteiger partial charge in [-0.2, -0.15) is 0 Å². The third kappa shape index (κ3) is 3.07. The molecule has 0 amide bonds. The van der Waals surface area contributed by atoms with Crippen molar-refractivity contribution in [3.8, 4) is 11.1 Å². The second kappa shape index (κ2) is 5.89. The fourth-order valence-corrected chi connectivity index (χ4v) is 2.48. The lowest BCUT2D eigenvalue weighted by Crippen LogP contribution is -2.02. The normalized spacial score (nSPS) is 12.5. The third-order valence-corrected chi connectivity index (χ3v) is 3.74. The van der Waals surface area contributed by atoms with Crippen LogP contribution < -0.4 is 0 Å². The number of hydrogen-bond acceptors (Lipinski definition) is 2. The number of aryl methyl sites for hydroxylation is 1. The van der Waals surface area contributed by atoms with Crippen molar-refractivity contribution in [1.29, 1.82) is 0 Å². The number of hydrogen-bond donors (Lipinski definition) is 0. The molecule has 0 N–H and O–H groups in total. The maximum Gasteiger partial charge on any atom is 0.142 e. The third-order valence-electron chi connectivity index (χ3n) is 3.20. The fourth-order valence-electron chi connectivity index (χ4n) is 1.86. The van der Waals surface area contributed by atoms with Gasteiger partial charge in [0.1, 0.15) is 16.1 Å². The first-order valence-corrected chi connectivity index (χ1v) is 7.08. The smallest absolute Gasteiger partial charge is 0.142 e. The number of aromatic nitrogens is 2. The zero-order valence-corrected chi connectivity index (χ0v) is 12.8. The summed E-state index contributed by atoms with van der Waals surface area (Å²) in [6, 6.07) is 7.99. The zero-order valence-electron chi connectivity index (χ0n) is 11.2. The summed E-state index contributed by atoms with van der Waals surface area (Å²) < 4.78 is 0. The summed E-state index contributed by atoms with van der Waals surface area (Å²) in [5.41, 5.74) is 2.81. The summed E-state index contributed by atoms with van der Waals surface area (Å²) in [6.07, 6.45) is 0.955. The number of halogens is 2. The van der Waals surface area contributed by atoms with Gasteiger partial charge in [-0.15, -0.1) is 0 Å². The number of rotatable bonds is 3. The highest BCUT2D eigenvalue weighted by Gasteiger charge is 2.16. The molecule has 0 saturated heterocycles. The summed E-state index contributed by atoms with van der Waals surface area (Å²) in [5, 5.41) is 0.835. The van der Waals surface area contributed by atoms with Crippen LogP contribution in [0.25, 0.3) is 11.1 Å². The second-order valence-electron chi connectivity index (χ2n) is 4.72. The van der Waals surface area contributed by atoms with Crippen molar-refractivity contribution < 1.29 is 0 Å². The van der Waals surface area contributed by atoms with Crippen molar-refractivity contribution in [1.82, 2.24) is 9.97 Å². The molecule has 0 fully saturated rings. The van der Waals surface area contributed by atoms with E-state index in [9.17, 15) is 0 Å². The molecule has 19 heavy (non-hydrogen) atoms. The van der Waals surface area contributed by atoms with Gasteiger partial charge in [-0.1, -0.05) is 66.9 Å². The van der Waals surface area contributed by atoms with Gasteiger partial charge in [0.2, 0.25) is 0 Å². The zero-order chi connectivity index (χ0) is 14.0. The van der Waals surface area contributed by atoms with Crippen LogP contribution in [-0.4, -0.2) is 9.97 Å². The minimum atomic E-state index is 0.251. The Morgan fingerprint density at radius 1 is 1.16 bits per heavy atom. The first-order chi connectivity index (χ1) is 9.02. The minimum absolute atomic E-state index is 0.251. The van der Waals surface area contributed by atoms with Crippen molar-refractivity contribution in [2.45, 2.75) is 33.1 Å². The van der Waals surface area contributed by atoms with E-state index < -0.39 is 0 Å². The van der Waals surface area contributed by atoms with E-state index in [0.29, 0.717) is 21.7 Å². The van der Waals surface area contributed by atoms with Crippen LogP contribution in [-0.2, 0) is 0 Å². The van der Waals surface area contributed by atoms with Crippen LogP contribution in [0.5, 0.6) is 0 Å². The molecule has 1 heterocycles. The van der Waals surface area contributed by atoms with Gasteiger partial charge in [-0.25, -0.2) is 9.97 Å². The van der Waals surface area contributed by atoms with Gasteiger partial charge in [-0.05, 0) is 18.9 Å². The lowest BCUT2D eigenvalue weighted by atomic mass is 10.1. The van der Waals surface area contributed by atoms with Crippen LogP contribution in [0.2, 0.25) is 10.3 Å². The van der Waals surface area contributed by atoms with Crippen LogP contribution in [0.15, 0.2) is 24.3 Å². The Morgan fingerprint density at radius 2 is 1.79 bits per heavy atom. The van der Waals surface area contributed by atoms with E-state index >= 15 is 0 Å². The van der Waals surface area contributed by atoms with Crippen LogP contribution in [0.4, 0.5) is 0 Å². The minimum Gasteiger partial charge on any atom is -0.220 e. The molecule has 2 rings (SSSR count). The molecule has 0 aliphatic heterocycles. The van der Waals surface area contributed by atoms with Crippen molar-refractivity contribution in [3.63, 3.8) is 0 Å². The molecule has 1 aromatic heterocycles. The van der Waals surface area contributed by atoms with Gasteiger partial charge in [0.15, 0.2) is 0 Å². The Balaban J connectivity index is 2.54. The highest BCUT2D eigenvalue weighted by atomic mass is 35.5. The van der Waals surface area contributed by atoms with Crippen molar-refractivity contribution in [2.75, 3.05) is 0 Å². The Kier molecular flexibility index (Phi) is 4.43. The van der Waals surface area contributed by atoms with Crippen LogP contribution in [0.1, 0.15) is 37.6 Å². The van der Waals surface area contributed by atoms with E-state index in [1.807, 2.05) is 31.2 Å². The summed E-state index contributed by atoms with van der Waals surface area (Å²) in [4.78, 5) is 8.76. The molecule has 0 saturated carbocycles. The van der Waals surface area contributed by atoms with Crippen molar-refractivity contribution >= 4 is 23.2 Å². The molecule has 1 unspecified atom stereocenters. The number of nitrogens with zero attached hydrogens (tertiary/aromatic N) is 2. The van der Waals surface area contributed by atoms with Gasteiger partial charge in [0.25, 0.3) is 0 Å². The molecule has 0 aliphatic rings. The monoisotopic (exact) mass is 294 g/mol. The number of benzene rings is 1. The fraction of sp³-hybridized carbons (Fsp3) is 0.333. The van der Waals surface area contributed by atoms with E-state index in [1.54, 1.807) is 0 Å². The molecule has 100 valence electrons. The van der Waals surface area contributed by atoms with Gasteiger partial charge in [0.05, 0.1) is 5.56 Å². The van der Waals surface area contributed by atoms with E-state index in [2.05, 4.69) is 23.8 Å². The van der Waals surface area contributed by atoms with Gasteiger partial charge < -0.3 is 0 Å². The molecule has 1 atom stereocenters. The molecular weight excluding hydrogens is 279 g/mol. The van der Waals surface area contributed by atoms with E-state index in [4.69, 9.17) is 23.2 Å². The van der Waals surface area contributed by atoms with Crippen molar-refractivity contribution in [3.05, 3.63) is 46.0 Å². The average Bonchev–Trinajstić information content (AvgIpc) is 2.37. The first-order valence-electron chi connectivity index (χ1n) is 6.33. The molecule has 0 aliphatic carbocycles. The topological polar surface area (TPSA) is 25.8 Å². The lowest BCUT2D eigenvalue weighted by molar-refractivity contribution is 0.679. The highest BCUT2D eigenvalue weighted by Crippen LogP contribution is 2.34. The first kappa shape index (κ1) is 14.3. The maximum atomic E-state index is 6.29. The summed E-state index contributed by atoms with van der Waals surface area (Å²) in [7, 11) is 0. The van der Waals surface area contributed by atoms with Crippen LogP contribution >= 0.6 is 23.2 Å². The summed E-state index contributed by atoms with van der Waals surface area (Å²) in [6.45, 7) is 6.18. The molecule has 0 radical (unpaired) electrons. The highest BCUT2D eigenvalue weighted by molar-refractivity contribution is 6.37. The Bertz CT molecular complexity index is 573. The molecule has 2 nitrogen and oxygen atoms in total. The summed E-state index contributed by atoms with van der Waals surface area (Å²) in [5.74, 6) is 0.954. The standard InChI is InChI=1S/C15H16Cl2N2/c1-4-10(3)15-18-13(16)12(14(17)19-15)11-7-5-6-9(2)8-11/h5-8,10H,4H2,1-3H3. The Morgan fingerprint density at radius 3 is 2.32 bits per heavy atom. The van der Waals surface area contributed by atoms with Gasteiger partial charge in [-0.3, -0.25) is 0 Å². The lowest BCUT2D eigenvalue weighted by Gasteiger charge is -2.12. The van der Waals surface area contributed by atoms with E-state index in [0.717, 1.165) is 17.5 Å². The Hall–Kier alpha value is -1.12. The van der Waals surface area contributed by atoms with Crippen LogP contribution in [0.3, 0.4) is 0 Å². The van der Waals surface area contributed by atoms with E-state index in [1.165, 1.54) is 0 Å². The molecule has 1 aromatic carbocycles. The van der Waals surface area contributed by atoms with Gasteiger partial charge >= 0.3 is 0 Å². The second-order valence-corrected chi connectivity index (χ2v) is 5.43. The molecule has 0 spiro atoms. The molecular formula is C15H16Cl2N2. The van der Waals surface area contributed by atoms with Gasteiger partial charge in [0, 0.05) is 5.92 Å². The largest absolute Gasteiger partial charge is 0.220 e. The SMILES string of the molecule is CCC(C)c1nc(Cl)c(-c2cccc(C)c2)c(Cl)n1. The maximum absolute atomic E-state index is 6.29. The predicted molar refractivity (Wildman–Crippen MR) is 80.9 cm³/mol. The quantitative estimate of drug-likeness (QED) is 0.721. The predicted octanol–water partition coefficient (Wildman–Crippen LogP) is 5.27. The molecule has 4 heteroatoms. The van der Waals surface area contributed by atoms with Crippen LogP contribution in [0, 0.1) is 6.92 Å². The molecule has 0 bridgehead atoms. The van der Waals surface area contributed by atoms with Crippen molar-refractivity contribution in [2.24, 2.45) is 0 Å². The van der Waals surface area contributed by atoms with E-state index in [-0.39, 0.29) is 5.92 Å². The summed E-state index contributed by atoms with van der Waals surface area (Å²) >= 11 is 12.6. The Labute approximate surface area is 123 Å². The molecule has 2 aromatic rings.